The summed E-state index contributed by atoms with van der Waals surface area (Å²) in [5.74, 6) is -1.14. The molecule has 1 fully saturated rings. The summed E-state index contributed by atoms with van der Waals surface area (Å²) in [6, 6.07) is 18.7. The van der Waals surface area contributed by atoms with E-state index in [0.717, 1.165) is 54.5 Å². The first-order valence-electron chi connectivity index (χ1n) is 11.2. The summed E-state index contributed by atoms with van der Waals surface area (Å²) in [7, 11) is 0. The number of nitrogens with one attached hydrogen (secondary N) is 1. The van der Waals surface area contributed by atoms with Crippen molar-refractivity contribution in [2.75, 3.05) is 0 Å². The van der Waals surface area contributed by atoms with Crippen molar-refractivity contribution >= 4 is 17.0 Å². The van der Waals surface area contributed by atoms with Crippen LogP contribution in [0.1, 0.15) is 43.6 Å². The second-order valence-corrected chi connectivity index (χ2v) is 8.88. The van der Waals surface area contributed by atoms with Crippen LogP contribution >= 0.6 is 0 Å². The summed E-state index contributed by atoms with van der Waals surface area (Å²) in [4.78, 5) is 18.3. The van der Waals surface area contributed by atoms with E-state index in [1.807, 2.05) is 24.3 Å². The van der Waals surface area contributed by atoms with Crippen molar-refractivity contribution in [2.45, 2.75) is 38.0 Å². The molecule has 0 spiro atoms. The normalized spacial score (nSPS) is 18.5. The first-order chi connectivity index (χ1) is 16.0. The highest BCUT2D eigenvalue weighted by molar-refractivity contribution is 5.80. The Kier molecular flexibility index (Phi) is 5.67. The average molecular weight is 446 g/mol. The van der Waals surface area contributed by atoms with Crippen molar-refractivity contribution in [2.24, 2.45) is 5.92 Å². The van der Waals surface area contributed by atoms with Gasteiger partial charge in [-0.1, -0.05) is 48.5 Å². The molecule has 1 saturated carbocycles. The third kappa shape index (κ3) is 4.51. The van der Waals surface area contributed by atoms with Crippen LogP contribution in [-0.4, -0.2) is 21.0 Å². The number of aromatic nitrogens is 2. The molecule has 1 aliphatic rings. The summed E-state index contributed by atoms with van der Waals surface area (Å²) in [5.41, 5.74) is 5.18. The van der Waals surface area contributed by atoms with E-state index < -0.39 is 17.6 Å². The molecule has 0 radical (unpaired) electrons. The van der Waals surface area contributed by atoms with E-state index in [1.54, 1.807) is 0 Å². The number of aliphatic carboxylic acids is 1. The molecule has 1 heterocycles. The van der Waals surface area contributed by atoms with Crippen LogP contribution < -0.4 is 0 Å². The predicted molar refractivity (Wildman–Crippen MR) is 124 cm³/mol. The van der Waals surface area contributed by atoms with Crippen LogP contribution in [0.25, 0.3) is 33.5 Å². The molecule has 4 aromatic rings. The van der Waals surface area contributed by atoms with Gasteiger partial charge in [0.05, 0.1) is 11.0 Å². The van der Waals surface area contributed by atoms with Crippen molar-refractivity contribution < 1.29 is 18.7 Å². The Morgan fingerprint density at radius 3 is 2.09 bits per heavy atom. The maximum absolute atomic E-state index is 13.5. The minimum absolute atomic E-state index is 0.281. The molecule has 0 amide bonds. The van der Waals surface area contributed by atoms with Gasteiger partial charge in [0.15, 0.2) is 11.6 Å². The Morgan fingerprint density at radius 2 is 1.45 bits per heavy atom. The monoisotopic (exact) mass is 446 g/mol. The Morgan fingerprint density at radius 1 is 0.879 bits per heavy atom. The average Bonchev–Trinajstić information content (AvgIpc) is 3.22. The van der Waals surface area contributed by atoms with Gasteiger partial charge in [-0.3, -0.25) is 4.79 Å². The first kappa shape index (κ1) is 21.3. The maximum Gasteiger partial charge on any atom is 0.303 e. The Labute approximate surface area is 190 Å². The fourth-order valence-electron chi connectivity index (χ4n) is 4.86. The van der Waals surface area contributed by atoms with Crippen LogP contribution in [0.5, 0.6) is 0 Å². The largest absolute Gasteiger partial charge is 0.481 e. The number of carboxylic acid groups (broad SMARTS) is 1. The number of benzene rings is 3. The van der Waals surface area contributed by atoms with Gasteiger partial charge in [0, 0.05) is 24.1 Å². The van der Waals surface area contributed by atoms with Crippen molar-refractivity contribution in [3.63, 3.8) is 0 Å². The zero-order valence-electron chi connectivity index (χ0n) is 18.0. The lowest BCUT2D eigenvalue weighted by Gasteiger charge is -2.28. The zero-order valence-corrected chi connectivity index (χ0v) is 18.0. The lowest BCUT2D eigenvalue weighted by molar-refractivity contribution is -0.138. The van der Waals surface area contributed by atoms with E-state index >= 15 is 0 Å². The number of hydrogen-bond acceptors (Lipinski definition) is 2. The molecule has 0 bridgehead atoms. The summed E-state index contributed by atoms with van der Waals surface area (Å²) in [6.45, 7) is 0. The fourth-order valence-corrected chi connectivity index (χ4v) is 4.86. The van der Waals surface area contributed by atoms with Gasteiger partial charge in [0.25, 0.3) is 0 Å². The molecule has 33 heavy (non-hydrogen) atoms. The van der Waals surface area contributed by atoms with Crippen molar-refractivity contribution in [3.8, 4) is 22.5 Å². The van der Waals surface area contributed by atoms with E-state index in [0.29, 0.717) is 28.7 Å². The number of rotatable bonds is 5. The van der Waals surface area contributed by atoms with Crippen molar-refractivity contribution in [1.82, 2.24) is 9.97 Å². The van der Waals surface area contributed by atoms with E-state index in [4.69, 9.17) is 5.11 Å². The zero-order chi connectivity index (χ0) is 22.9. The molecule has 5 rings (SSSR count). The Bertz CT molecular complexity index is 1250. The summed E-state index contributed by atoms with van der Waals surface area (Å²) in [6.07, 6.45) is 4.31. The second-order valence-electron chi connectivity index (χ2n) is 8.88. The van der Waals surface area contributed by atoms with Crippen LogP contribution in [0.3, 0.4) is 0 Å². The van der Waals surface area contributed by atoms with E-state index in [9.17, 15) is 13.6 Å². The molecule has 168 valence electrons. The quantitative estimate of drug-likeness (QED) is 0.350. The first-order valence-corrected chi connectivity index (χ1v) is 11.2. The van der Waals surface area contributed by atoms with Crippen molar-refractivity contribution in [3.05, 3.63) is 77.9 Å². The summed E-state index contributed by atoms with van der Waals surface area (Å²) >= 11 is 0. The lowest BCUT2D eigenvalue weighted by atomic mass is 9.77. The number of imidazole rings is 1. The number of fused-ring (bicyclic) bond motifs is 1. The van der Waals surface area contributed by atoms with Gasteiger partial charge >= 0.3 is 5.97 Å². The van der Waals surface area contributed by atoms with Crippen LogP contribution in [0, 0.1) is 17.6 Å². The molecule has 0 unspecified atom stereocenters. The number of carbonyl (C=O) groups is 1. The highest BCUT2D eigenvalue weighted by atomic mass is 19.2. The van der Waals surface area contributed by atoms with Gasteiger partial charge in [0.2, 0.25) is 0 Å². The molecule has 1 aliphatic carbocycles. The van der Waals surface area contributed by atoms with Crippen LogP contribution in [0.15, 0.2) is 60.7 Å². The molecular formula is C27H24F2N2O2. The SMILES string of the molecule is O=C(O)CC1CCC(c2ccc(-c3ccc(-c4nc5cc(F)c(F)cc5[nH]4)cc3)cc2)CC1. The molecule has 0 saturated heterocycles. The van der Waals surface area contributed by atoms with E-state index in [-0.39, 0.29) is 6.42 Å². The number of carboxylic acids is 1. The van der Waals surface area contributed by atoms with Gasteiger partial charge in [0.1, 0.15) is 5.82 Å². The molecule has 3 aromatic carbocycles. The van der Waals surface area contributed by atoms with Crippen LogP contribution in [0.2, 0.25) is 0 Å². The molecule has 0 aliphatic heterocycles. The van der Waals surface area contributed by atoms with Gasteiger partial charge in [-0.05, 0) is 54.2 Å². The predicted octanol–water partition coefficient (Wildman–Crippen LogP) is 6.92. The topological polar surface area (TPSA) is 66.0 Å². The maximum atomic E-state index is 13.5. The minimum Gasteiger partial charge on any atom is -0.481 e. The minimum atomic E-state index is -0.910. The lowest BCUT2D eigenvalue weighted by Crippen LogP contribution is -2.16. The smallest absolute Gasteiger partial charge is 0.303 e. The van der Waals surface area contributed by atoms with E-state index in [2.05, 4.69) is 34.2 Å². The number of halogens is 2. The number of aromatic amines is 1. The van der Waals surface area contributed by atoms with Gasteiger partial charge in [-0.15, -0.1) is 0 Å². The van der Waals surface area contributed by atoms with Gasteiger partial charge < -0.3 is 10.1 Å². The van der Waals surface area contributed by atoms with Gasteiger partial charge in [-0.2, -0.15) is 0 Å². The molecule has 1 aromatic heterocycles. The molecule has 6 heteroatoms. The highest BCUT2D eigenvalue weighted by Crippen LogP contribution is 2.37. The third-order valence-electron chi connectivity index (χ3n) is 6.71. The third-order valence-corrected chi connectivity index (χ3v) is 6.71. The van der Waals surface area contributed by atoms with Gasteiger partial charge in [-0.25, -0.2) is 13.8 Å². The fraction of sp³-hybridized carbons (Fsp3) is 0.259. The van der Waals surface area contributed by atoms with Crippen LogP contribution in [0.4, 0.5) is 8.78 Å². The Hall–Kier alpha value is -3.54. The van der Waals surface area contributed by atoms with E-state index in [1.165, 1.54) is 5.56 Å². The number of nitrogens with zero attached hydrogens (tertiary/aromatic N) is 1. The Balaban J connectivity index is 1.28. The summed E-state index contributed by atoms with van der Waals surface area (Å²) < 4.78 is 26.9. The number of H-pyrrole nitrogens is 1. The molecule has 4 nitrogen and oxygen atoms in total. The molecular weight excluding hydrogens is 422 g/mol. The van der Waals surface area contributed by atoms with Crippen molar-refractivity contribution in [1.29, 1.82) is 0 Å². The number of hydrogen-bond donors (Lipinski definition) is 2. The molecule has 2 N–H and O–H groups in total. The summed E-state index contributed by atoms with van der Waals surface area (Å²) in [5, 5.41) is 8.99. The second kappa shape index (κ2) is 8.77. The molecule has 0 atom stereocenters. The van der Waals surface area contributed by atoms with Crippen LogP contribution in [-0.2, 0) is 4.79 Å². The highest BCUT2D eigenvalue weighted by Gasteiger charge is 2.24. The standard InChI is InChI=1S/C27H24F2N2O2/c28-22-14-24-25(15-23(22)29)31-27(30-24)21-11-9-20(10-12-21)19-7-5-18(6-8-19)17-3-1-16(2-4-17)13-26(32)33/h5-12,14-17H,1-4,13H2,(H,30,31)(H,32,33).